The maximum Gasteiger partial charge on any atom is 0.150 e. The molecule has 0 bridgehead atoms. The van der Waals surface area contributed by atoms with Crippen molar-refractivity contribution >= 4 is 11.5 Å². The zero-order chi connectivity index (χ0) is 14.4. The Morgan fingerprint density at radius 1 is 1.47 bits per heavy atom. The summed E-state index contributed by atoms with van der Waals surface area (Å²) in [6.45, 7) is 5.27. The van der Waals surface area contributed by atoms with Gasteiger partial charge in [0.15, 0.2) is 5.82 Å². The van der Waals surface area contributed by atoms with Gasteiger partial charge in [-0.2, -0.15) is 5.26 Å². The van der Waals surface area contributed by atoms with Gasteiger partial charge in [-0.1, -0.05) is 13.8 Å². The molecule has 0 radical (unpaired) electrons. The first-order valence-corrected chi connectivity index (χ1v) is 6.49. The number of likely N-dealkylation sites (N-methyl/N-ethyl adjacent to an activating group) is 1. The van der Waals surface area contributed by atoms with Gasteiger partial charge < -0.3 is 16.0 Å². The number of hydrogen-bond donors (Lipinski definition) is 2. The third-order valence-corrected chi connectivity index (χ3v) is 2.79. The average Bonchev–Trinajstić information content (AvgIpc) is 2.30. The standard InChI is InChI=1S/C14H23N5/c1-10(2)7-12(9-19(3)4)18-14-13(16)11(8-15)5-6-17-14/h5-6,10,12H,7,9,16H2,1-4H3,(H,17,18). The van der Waals surface area contributed by atoms with Crippen LogP contribution in [0.5, 0.6) is 0 Å². The van der Waals surface area contributed by atoms with E-state index in [1.54, 1.807) is 12.3 Å². The molecule has 0 aliphatic carbocycles. The third kappa shape index (κ3) is 4.76. The van der Waals surface area contributed by atoms with Gasteiger partial charge >= 0.3 is 0 Å². The van der Waals surface area contributed by atoms with Crippen LogP contribution in [0, 0.1) is 17.2 Å². The van der Waals surface area contributed by atoms with Gasteiger partial charge in [-0.15, -0.1) is 0 Å². The second-order valence-electron chi connectivity index (χ2n) is 5.47. The summed E-state index contributed by atoms with van der Waals surface area (Å²) in [5.74, 6) is 1.18. The first-order valence-electron chi connectivity index (χ1n) is 6.49. The van der Waals surface area contributed by atoms with Gasteiger partial charge in [0.2, 0.25) is 0 Å². The minimum Gasteiger partial charge on any atom is -0.395 e. The number of rotatable bonds is 6. The summed E-state index contributed by atoms with van der Waals surface area (Å²) in [4.78, 5) is 6.36. The Morgan fingerprint density at radius 2 is 2.16 bits per heavy atom. The molecular formula is C14H23N5. The molecule has 1 aromatic rings. The van der Waals surface area contributed by atoms with Gasteiger partial charge in [0.25, 0.3) is 0 Å². The summed E-state index contributed by atoms with van der Waals surface area (Å²) in [7, 11) is 4.08. The van der Waals surface area contributed by atoms with Gasteiger partial charge in [0, 0.05) is 18.8 Å². The molecule has 1 atom stereocenters. The van der Waals surface area contributed by atoms with Crippen LogP contribution >= 0.6 is 0 Å². The maximum atomic E-state index is 8.97. The summed E-state index contributed by atoms with van der Waals surface area (Å²) in [6.07, 6.45) is 2.63. The molecule has 19 heavy (non-hydrogen) atoms. The van der Waals surface area contributed by atoms with Crippen LogP contribution in [0.2, 0.25) is 0 Å². The van der Waals surface area contributed by atoms with Crippen molar-refractivity contribution in [1.82, 2.24) is 9.88 Å². The van der Waals surface area contributed by atoms with E-state index in [1.807, 2.05) is 14.1 Å². The quantitative estimate of drug-likeness (QED) is 0.818. The van der Waals surface area contributed by atoms with Crippen molar-refractivity contribution in [2.75, 3.05) is 31.7 Å². The Morgan fingerprint density at radius 3 is 2.68 bits per heavy atom. The normalized spacial score (nSPS) is 12.5. The number of hydrogen-bond acceptors (Lipinski definition) is 5. The lowest BCUT2D eigenvalue weighted by molar-refractivity contribution is 0.356. The van der Waals surface area contributed by atoms with Crippen molar-refractivity contribution in [3.63, 3.8) is 0 Å². The summed E-state index contributed by atoms with van der Waals surface area (Å²) in [5.41, 5.74) is 6.83. The number of aromatic nitrogens is 1. The zero-order valence-electron chi connectivity index (χ0n) is 12.1. The van der Waals surface area contributed by atoms with Gasteiger partial charge in [-0.3, -0.25) is 0 Å². The van der Waals surface area contributed by atoms with E-state index in [2.05, 4.69) is 35.1 Å². The second kappa shape index (κ2) is 6.95. The Balaban J connectivity index is 2.87. The van der Waals surface area contributed by atoms with E-state index in [0.29, 0.717) is 23.0 Å². The predicted molar refractivity (Wildman–Crippen MR) is 78.8 cm³/mol. The molecule has 0 amide bonds. The van der Waals surface area contributed by atoms with Crippen LogP contribution in [0.1, 0.15) is 25.8 Å². The van der Waals surface area contributed by atoms with E-state index >= 15 is 0 Å². The molecule has 1 rings (SSSR count). The van der Waals surface area contributed by atoms with Crippen molar-refractivity contribution in [3.05, 3.63) is 17.8 Å². The molecule has 0 aliphatic rings. The summed E-state index contributed by atoms with van der Waals surface area (Å²) >= 11 is 0. The van der Waals surface area contributed by atoms with Gasteiger partial charge in [0.1, 0.15) is 6.07 Å². The Bertz CT molecular complexity index is 438. The monoisotopic (exact) mass is 261 g/mol. The number of nitriles is 1. The highest BCUT2D eigenvalue weighted by molar-refractivity contribution is 5.69. The predicted octanol–water partition coefficient (Wildman–Crippen LogP) is 1.92. The van der Waals surface area contributed by atoms with Crippen molar-refractivity contribution in [3.8, 4) is 6.07 Å². The van der Waals surface area contributed by atoms with E-state index in [0.717, 1.165) is 13.0 Å². The number of anilines is 2. The molecule has 0 saturated carbocycles. The fraction of sp³-hybridized carbons (Fsp3) is 0.571. The Hall–Kier alpha value is -1.80. The summed E-state index contributed by atoms with van der Waals surface area (Å²) in [5, 5.41) is 12.3. The first-order chi connectivity index (χ1) is 8.93. The third-order valence-electron chi connectivity index (χ3n) is 2.79. The lowest BCUT2D eigenvalue weighted by atomic mass is 10.0. The molecule has 5 nitrogen and oxygen atoms in total. The zero-order valence-corrected chi connectivity index (χ0v) is 12.1. The maximum absolute atomic E-state index is 8.97. The molecule has 0 fully saturated rings. The highest BCUT2D eigenvalue weighted by Gasteiger charge is 2.15. The molecule has 104 valence electrons. The number of nitrogens with two attached hydrogens (primary N) is 1. The fourth-order valence-corrected chi connectivity index (χ4v) is 2.07. The molecular weight excluding hydrogens is 238 g/mol. The SMILES string of the molecule is CC(C)CC(CN(C)C)Nc1nccc(C#N)c1N. The van der Waals surface area contributed by atoms with E-state index in [1.165, 1.54) is 0 Å². The van der Waals surface area contributed by atoms with Gasteiger partial charge in [-0.05, 0) is 32.5 Å². The van der Waals surface area contributed by atoms with Crippen LogP contribution in [0.25, 0.3) is 0 Å². The lowest BCUT2D eigenvalue weighted by Gasteiger charge is -2.25. The minimum absolute atomic E-state index is 0.263. The average molecular weight is 261 g/mol. The smallest absolute Gasteiger partial charge is 0.150 e. The van der Waals surface area contributed by atoms with Crippen LogP contribution in [0.15, 0.2) is 12.3 Å². The molecule has 0 aliphatic heterocycles. The number of pyridine rings is 1. The summed E-state index contributed by atoms with van der Waals surface area (Å²) in [6, 6.07) is 3.97. The molecule has 1 heterocycles. The molecule has 1 unspecified atom stereocenters. The number of nitrogen functional groups attached to an aromatic ring is 1. The van der Waals surface area contributed by atoms with Crippen LogP contribution in [-0.4, -0.2) is 36.6 Å². The van der Waals surface area contributed by atoms with E-state index < -0.39 is 0 Å². The number of nitrogens with one attached hydrogen (secondary N) is 1. The molecule has 0 saturated heterocycles. The molecule has 0 aromatic carbocycles. The topological polar surface area (TPSA) is 78.0 Å². The second-order valence-corrected chi connectivity index (χ2v) is 5.47. The number of nitrogens with zero attached hydrogens (tertiary/aromatic N) is 3. The van der Waals surface area contributed by atoms with Crippen molar-refractivity contribution in [2.45, 2.75) is 26.3 Å². The molecule has 5 heteroatoms. The van der Waals surface area contributed by atoms with Crippen molar-refractivity contribution in [1.29, 1.82) is 5.26 Å². The molecule has 1 aromatic heterocycles. The van der Waals surface area contributed by atoms with E-state index in [-0.39, 0.29) is 6.04 Å². The first kappa shape index (κ1) is 15.3. The lowest BCUT2D eigenvalue weighted by Crippen LogP contribution is -2.34. The summed E-state index contributed by atoms with van der Waals surface area (Å²) < 4.78 is 0. The van der Waals surface area contributed by atoms with E-state index in [9.17, 15) is 0 Å². The van der Waals surface area contributed by atoms with E-state index in [4.69, 9.17) is 11.0 Å². The van der Waals surface area contributed by atoms with Gasteiger partial charge in [-0.25, -0.2) is 4.98 Å². The minimum atomic E-state index is 0.263. The Kier molecular flexibility index (Phi) is 5.58. The Labute approximate surface area is 115 Å². The molecule has 3 N–H and O–H groups in total. The highest BCUT2D eigenvalue weighted by Crippen LogP contribution is 2.21. The largest absolute Gasteiger partial charge is 0.395 e. The molecule has 0 spiro atoms. The highest BCUT2D eigenvalue weighted by atomic mass is 15.1. The van der Waals surface area contributed by atoms with Crippen LogP contribution in [0.3, 0.4) is 0 Å². The van der Waals surface area contributed by atoms with Crippen molar-refractivity contribution < 1.29 is 0 Å². The van der Waals surface area contributed by atoms with Gasteiger partial charge in [0.05, 0.1) is 11.3 Å². The van der Waals surface area contributed by atoms with Crippen LogP contribution < -0.4 is 11.1 Å². The van der Waals surface area contributed by atoms with Crippen molar-refractivity contribution in [2.24, 2.45) is 5.92 Å². The fourth-order valence-electron chi connectivity index (χ4n) is 2.07. The van der Waals surface area contributed by atoms with Crippen LogP contribution in [-0.2, 0) is 0 Å². The van der Waals surface area contributed by atoms with Crippen LogP contribution in [0.4, 0.5) is 11.5 Å².